The van der Waals surface area contributed by atoms with E-state index in [1.54, 1.807) is 6.07 Å². The van der Waals surface area contributed by atoms with Gasteiger partial charge < -0.3 is 5.32 Å². The van der Waals surface area contributed by atoms with Crippen LogP contribution >= 0.6 is 39.7 Å². The summed E-state index contributed by atoms with van der Waals surface area (Å²) in [4.78, 5) is 1.20. The number of piperidine rings is 1. The lowest BCUT2D eigenvalue weighted by molar-refractivity contribution is 0.428. The lowest BCUT2D eigenvalue weighted by Crippen LogP contribution is -2.45. The van der Waals surface area contributed by atoms with Gasteiger partial charge in [0.2, 0.25) is 10.0 Å². The number of aryl methyl sites for hydroxylation is 1. The Morgan fingerprint density at radius 2 is 2.28 bits per heavy atom. The van der Waals surface area contributed by atoms with E-state index >= 15 is 0 Å². The molecule has 104 valence electrons. The van der Waals surface area contributed by atoms with E-state index in [-0.39, 0.29) is 18.4 Å². The molecule has 0 bridgehead atoms. The second-order valence-electron chi connectivity index (χ2n) is 4.14. The number of hydrogen-bond acceptors (Lipinski definition) is 4. The largest absolute Gasteiger partial charge is 0.315 e. The van der Waals surface area contributed by atoms with Crippen molar-refractivity contribution >= 4 is 49.7 Å². The monoisotopic (exact) mass is 374 g/mol. The normalized spacial score (nSPS) is 20.4. The standard InChI is InChI=1S/C10H15BrN2O2S2.ClH/c1-7-9(5-10(11)16-7)17(14,15)13-8-3-2-4-12-6-8;/h5,8,12-13H,2-4,6H2,1H3;1H/t8-;/m0./s1. The molecule has 0 aromatic carbocycles. The molecule has 1 aliphatic rings. The number of thiophene rings is 1. The van der Waals surface area contributed by atoms with Crippen molar-refractivity contribution in [3.63, 3.8) is 0 Å². The van der Waals surface area contributed by atoms with Crippen LogP contribution in [0.1, 0.15) is 17.7 Å². The second kappa shape index (κ2) is 6.67. The van der Waals surface area contributed by atoms with Gasteiger partial charge in [-0.05, 0) is 48.3 Å². The third-order valence-electron chi connectivity index (χ3n) is 2.75. The average molecular weight is 376 g/mol. The van der Waals surface area contributed by atoms with E-state index in [4.69, 9.17) is 0 Å². The van der Waals surface area contributed by atoms with Crippen LogP contribution in [0.3, 0.4) is 0 Å². The SMILES string of the molecule is Cc1sc(Br)cc1S(=O)(=O)N[C@H]1CCCNC1.Cl. The van der Waals surface area contributed by atoms with Crippen molar-refractivity contribution in [1.29, 1.82) is 0 Å². The Hall–Kier alpha value is 0.340. The highest BCUT2D eigenvalue weighted by molar-refractivity contribution is 9.11. The first kappa shape index (κ1) is 16.4. The molecule has 0 amide bonds. The van der Waals surface area contributed by atoms with Crippen molar-refractivity contribution in [2.45, 2.75) is 30.7 Å². The van der Waals surface area contributed by atoms with E-state index in [0.29, 0.717) is 11.4 Å². The molecule has 4 nitrogen and oxygen atoms in total. The molecule has 18 heavy (non-hydrogen) atoms. The maximum absolute atomic E-state index is 12.2. The highest BCUT2D eigenvalue weighted by Gasteiger charge is 2.24. The predicted octanol–water partition coefficient (Wildman–Crippen LogP) is 2.27. The minimum Gasteiger partial charge on any atom is -0.315 e. The van der Waals surface area contributed by atoms with Crippen LogP contribution in [0.25, 0.3) is 0 Å². The Morgan fingerprint density at radius 3 is 2.78 bits per heavy atom. The van der Waals surface area contributed by atoms with Gasteiger partial charge in [-0.2, -0.15) is 0 Å². The number of hydrogen-bond donors (Lipinski definition) is 2. The summed E-state index contributed by atoms with van der Waals surface area (Å²) in [6, 6.07) is 1.67. The molecular weight excluding hydrogens is 360 g/mol. The quantitative estimate of drug-likeness (QED) is 0.852. The lowest BCUT2D eigenvalue weighted by Gasteiger charge is -2.23. The van der Waals surface area contributed by atoms with Crippen molar-refractivity contribution in [2.75, 3.05) is 13.1 Å². The van der Waals surface area contributed by atoms with Gasteiger partial charge in [0.1, 0.15) is 0 Å². The summed E-state index contributed by atoms with van der Waals surface area (Å²) in [5, 5.41) is 3.20. The molecule has 0 radical (unpaired) electrons. The van der Waals surface area contributed by atoms with Crippen molar-refractivity contribution in [1.82, 2.24) is 10.0 Å². The minimum absolute atomic E-state index is 0. The van der Waals surface area contributed by atoms with Crippen LogP contribution in [0.15, 0.2) is 14.7 Å². The van der Waals surface area contributed by atoms with E-state index < -0.39 is 10.0 Å². The van der Waals surface area contributed by atoms with E-state index in [0.717, 1.165) is 28.0 Å². The van der Waals surface area contributed by atoms with Crippen LogP contribution in [0.5, 0.6) is 0 Å². The van der Waals surface area contributed by atoms with Crippen LogP contribution in [-0.2, 0) is 10.0 Å². The summed E-state index contributed by atoms with van der Waals surface area (Å²) >= 11 is 4.75. The van der Waals surface area contributed by atoms with Gasteiger partial charge in [0, 0.05) is 17.5 Å². The van der Waals surface area contributed by atoms with Crippen LogP contribution < -0.4 is 10.0 Å². The van der Waals surface area contributed by atoms with E-state index in [1.165, 1.54) is 11.3 Å². The number of nitrogens with one attached hydrogen (secondary N) is 2. The summed E-state index contributed by atoms with van der Waals surface area (Å²) < 4.78 is 28.0. The van der Waals surface area contributed by atoms with Gasteiger partial charge >= 0.3 is 0 Å². The van der Waals surface area contributed by atoms with Crippen LogP contribution in [-0.4, -0.2) is 27.5 Å². The van der Waals surface area contributed by atoms with Gasteiger partial charge in [-0.3, -0.25) is 0 Å². The van der Waals surface area contributed by atoms with Crippen molar-refractivity contribution in [2.24, 2.45) is 0 Å². The Morgan fingerprint density at radius 1 is 1.56 bits per heavy atom. The summed E-state index contributed by atoms with van der Waals surface area (Å²) in [5.74, 6) is 0. The minimum atomic E-state index is -3.38. The maximum Gasteiger partial charge on any atom is 0.241 e. The van der Waals surface area contributed by atoms with Crippen molar-refractivity contribution < 1.29 is 8.42 Å². The first-order valence-electron chi connectivity index (χ1n) is 5.48. The zero-order chi connectivity index (χ0) is 12.5. The molecule has 8 heteroatoms. The molecule has 1 saturated heterocycles. The number of rotatable bonds is 3. The van der Waals surface area contributed by atoms with Gasteiger partial charge in [0.15, 0.2) is 0 Å². The molecule has 2 rings (SSSR count). The maximum atomic E-state index is 12.2. The van der Waals surface area contributed by atoms with Crippen LogP contribution in [0.2, 0.25) is 0 Å². The zero-order valence-corrected chi connectivity index (χ0v) is 13.9. The summed E-state index contributed by atoms with van der Waals surface area (Å²) in [6.45, 7) is 3.51. The lowest BCUT2D eigenvalue weighted by atomic mass is 10.1. The smallest absolute Gasteiger partial charge is 0.241 e. The van der Waals surface area contributed by atoms with Gasteiger partial charge in [-0.15, -0.1) is 23.7 Å². The molecule has 1 aromatic rings. The molecule has 0 saturated carbocycles. The van der Waals surface area contributed by atoms with Crippen LogP contribution in [0.4, 0.5) is 0 Å². The molecule has 1 aliphatic heterocycles. The fraction of sp³-hybridized carbons (Fsp3) is 0.600. The molecule has 0 unspecified atom stereocenters. The van der Waals surface area contributed by atoms with Crippen LogP contribution in [0, 0.1) is 6.92 Å². The summed E-state index contributed by atoms with van der Waals surface area (Å²) in [7, 11) is -3.38. The van der Waals surface area contributed by atoms with E-state index in [2.05, 4.69) is 26.0 Å². The van der Waals surface area contributed by atoms with Gasteiger partial charge in [0.25, 0.3) is 0 Å². The van der Waals surface area contributed by atoms with Crippen molar-refractivity contribution in [3.05, 3.63) is 14.7 Å². The Balaban J connectivity index is 0.00000162. The summed E-state index contributed by atoms with van der Waals surface area (Å²) in [6.07, 6.45) is 1.91. The Labute approximate surface area is 126 Å². The first-order chi connectivity index (χ1) is 7.99. The first-order valence-corrected chi connectivity index (χ1v) is 8.57. The van der Waals surface area contributed by atoms with Crippen molar-refractivity contribution in [3.8, 4) is 0 Å². The molecular formula is C10H16BrClN2O2S2. The number of sulfonamides is 1. The summed E-state index contributed by atoms with van der Waals surface area (Å²) in [5.41, 5.74) is 0. The second-order valence-corrected chi connectivity index (χ2v) is 8.45. The van der Waals surface area contributed by atoms with E-state index in [9.17, 15) is 8.42 Å². The number of halogens is 2. The molecule has 1 fully saturated rings. The van der Waals surface area contributed by atoms with Gasteiger partial charge in [-0.25, -0.2) is 13.1 Å². The molecule has 0 spiro atoms. The predicted molar refractivity (Wildman–Crippen MR) is 80.2 cm³/mol. The fourth-order valence-electron chi connectivity index (χ4n) is 1.93. The molecule has 0 aliphatic carbocycles. The molecule has 2 heterocycles. The topological polar surface area (TPSA) is 58.2 Å². The van der Waals surface area contributed by atoms with E-state index in [1.807, 2.05) is 6.92 Å². The third kappa shape index (κ3) is 3.91. The molecule has 2 N–H and O–H groups in total. The Kier molecular flexibility index (Phi) is 6.08. The third-order valence-corrected chi connectivity index (χ3v) is 6.08. The highest BCUT2D eigenvalue weighted by Crippen LogP contribution is 2.29. The highest BCUT2D eigenvalue weighted by atomic mass is 79.9. The Bertz CT molecular complexity index is 498. The average Bonchev–Trinajstić information content (AvgIpc) is 2.59. The molecule has 1 aromatic heterocycles. The van der Waals surface area contributed by atoms with Gasteiger partial charge in [-0.1, -0.05) is 0 Å². The fourth-order valence-corrected chi connectivity index (χ4v) is 5.62. The zero-order valence-electron chi connectivity index (χ0n) is 9.90. The van der Waals surface area contributed by atoms with Gasteiger partial charge in [0.05, 0.1) is 8.68 Å². The molecule has 1 atom stereocenters.